The van der Waals surface area contributed by atoms with Crippen LogP contribution in [-0.2, 0) is 24.3 Å². The highest BCUT2D eigenvalue weighted by Crippen LogP contribution is 2.20. The predicted molar refractivity (Wildman–Crippen MR) is 117 cm³/mol. The molecule has 0 saturated heterocycles. The van der Waals surface area contributed by atoms with Crippen LogP contribution in [0.4, 0.5) is 0 Å². The van der Waals surface area contributed by atoms with Gasteiger partial charge in [-0.15, -0.1) is 0 Å². The van der Waals surface area contributed by atoms with Crippen molar-refractivity contribution in [2.24, 2.45) is 0 Å². The molecule has 5 heteroatoms. The van der Waals surface area contributed by atoms with E-state index in [1.54, 1.807) is 4.90 Å². The van der Waals surface area contributed by atoms with Crippen molar-refractivity contribution in [3.05, 3.63) is 101 Å². The van der Waals surface area contributed by atoms with Crippen LogP contribution in [0.1, 0.15) is 17.0 Å². The lowest BCUT2D eigenvalue weighted by Gasteiger charge is -2.19. The van der Waals surface area contributed by atoms with E-state index in [-0.39, 0.29) is 12.5 Å². The molecule has 0 bridgehead atoms. The molecule has 1 heterocycles. The van der Waals surface area contributed by atoms with Crippen LogP contribution in [0.25, 0.3) is 11.0 Å². The van der Waals surface area contributed by atoms with Crippen molar-refractivity contribution in [2.75, 3.05) is 7.05 Å². The number of hydrogen-bond donors (Lipinski definition) is 0. The molecule has 0 aliphatic carbocycles. The average molecular weight is 404 g/mol. The molecule has 4 nitrogen and oxygen atoms in total. The van der Waals surface area contributed by atoms with Gasteiger partial charge in [0.1, 0.15) is 12.4 Å². The SMILES string of the molecule is CN(Cc1ccccc1)C(=O)Cn1c(Cc2ccc(Cl)cc2)nc2ccccc21. The minimum absolute atomic E-state index is 0.0503. The van der Waals surface area contributed by atoms with E-state index in [1.807, 2.05) is 90.5 Å². The van der Waals surface area contributed by atoms with Gasteiger partial charge in [-0.25, -0.2) is 4.98 Å². The van der Waals surface area contributed by atoms with E-state index in [2.05, 4.69) is 0 Å². The van der Waals surface area contributed by atoms with Crippen LogP contribution in [0.3, 0.4) is 0 Å². The molecule has 0 fully saturated rings. The Labute approximate surface area is 175 Å². The van der Waals surface area contributed by atoms with Crippen molar-refractivity contribution >= 4 is 28.5 Å². The number of carbonyl (C=O) groups excluding carboxylic acids is 1. The van der Waals surface area contributed by atoms with Crippen molar-refractivity contribution in [3.63, 3.8) is 0 Å². The Bertz CT molecular complexity index is 1120. The number of aromatic nitrogens is 2. The molecule has 0 N–H and O–H groups in total. The van der Waals surface area contributed by atoms with Crippen molar-refractivity contribution < 1.29 is 4.79 Å². The summed E-state index contributed by atoms with van der Waals surface area (Å²) < 4.78 is 2.02. The molecular formula is C24H22ClN3O. The number of halogens is 1. The Balaban J connectivity index is 1.59. The van der Waals surface area contributed by atoms with Gasteiger partial charge in [0.05, 0.1) is 11.0 Å². The number of carbonyl (C=O) groups is 1. The summed E-state index contributed by atoms with van der Waals surface area (Å²) in [6, 6.07) is 25.7. The van der Waals surface area contributed by atoms with Gasteiger partial charge in [-0.1, -0.05) is 66.2 Å². The van der Waals surface area contributed by atoms with Gasteiger partial charge in [0.25, 0.3) is 0 Å². The van der Waals surface area contributed by atoms with Crippen molar-refractivity contribution in [2.45, 2.75) is 19.5 Å². The molecule has 146 valence electrons. The molecule has 1 aromatic heterocycles. The van der Waals surface area contributed by atoms with Crippen LogP contribution in [0, 0.1) is 0 Å². The number of rotatable bonds is 6. The minimum atomic E-state index is 0.0503. The fourth-order valence-electron chi connectivity index (χ4n) is 3.42. The van der Waals surface area contributed by atoms with Gasteiger partial charge in [-0.3, -0.25) is 4.79 Å². The number of imidazole rings is 1. The average Bonchev–Trinajstić information content (AvgIpc) is 3.07. The van der Waals surface area contributed by atoms with E-state index < -0.39 is 0 Å². The summed E-state index contributed by atoms with van der Waals surface area (Å²) in [5, 5.41) is 0.708. The highest BCUT2D eigenvalue weighted by Gasteiger charge is 2.16. The normalized spacial score (nSPS) is 11.0. The van der Waals surface area contributed by atoms with Crippen LogP contribution in [0.2, 0.25) is 5.02 Å². The number of hydrogen-bond acceptors (Lipinski definition) is 2. The topological polar surface area (TPSA) is 38.1 Å². The molecule has 0 spiro atoms. The number of nitrogens with zero attached hydrogens (tertiary/aromatic N) is 3. The maximum absolute atomic E-state index is 13.0. The van der Waals surface area contributed by atoms with Crippen molar-refractivity contribution in [1.29, 1.82) is 0 Å². The third kappa shape index (κ3) is 4.49. The maximum atomic E-state index is 13.0. The largest absolute Gasteiger partial charge is 0.340 e. The summed E-state index contributed by atoms with van der Waals surface area (Å²) in [7, 11) is 1.84. The van der Waals surface area contributed by atoms with Gasteiger partial charge in [0.15, 0.2) is 0 Å². The molecule has 0 aliphatic rings. The molecule has 29 heavy (non-hydrogen) atoms. The van der Waals surface area contributed by atoms with Crippen LogP contribution in [0.15, 0.2) is 78.9 Å². The minimum Gasteiger partial charge on any atom is -0.340 e. The second kappa shape index (κ2) is 8.50. The highest BCUT2D eigenvalue weighted by molar-refractivity contribution is 6.30. The maximum Gasteiger partial charge on any atom is 0.242 e. The van der Waals surface area contributed by atoms with Crippen LogP contribution < -0.4 is 0 Å². The summed E-state index contributed by atoms with van der Waals surface area (Å²) in [5.41, 5.74) is 4.09. The first-order chi connectivity index (χ1) is 14.1. The van der Waals surface area contributed by atoms with Gasteiger partial charge in [0.2, 0.25) is 5.91 Å². The first kappa shape index (κ1) is 19.2. The molecule has 0 radical (unpaired) electrons. The van der Waals surface area contributed by atoms with Crippen molar-refractivity contribution in [3.8, 4) is 0 Å². The van der Waals surface area contributed by atoms with Crippen LogP contribution >= 0.6 is 11.6 Å². The van der Waals surface area contributed by atoms with E-state index in [0.29, 0.717) is 18.0 Å². The molecule has 0 saturated carbocycles. The molecule has 0 aliphatic heterocycles. The third-order valence-corrected chi connectivity index (χ3v) is 5.24. The summed E-state index contributed by atoms with van der Waals surface area (Å²) in [6.45, 7) is 0.839. The summed E-state index contributed by atoms with van der Waals surface area (Å²) in [5.74, 6) is 0.921. The molecule has 4 rings (SSSR count). The first-order valence-electron chi connectivity index (χ1n) is 9.56. The zero-order valence-electron chi connectivity index (χ0n) is 16.3. The zero-order chi connectivity index (χ0) is 20.2. The molecular weight excluding hydrogens is 382 g/mol. The van der Waals surface area contributed by atoms with Gasteiger partial charge in [-0.05, 0) is 35.4 Å². The lowest BCUT2D eigenvalue weighted by atomic mass is 10.1. The monoisotopic (exact) mass is 403 g/mol. The fourth-order valence-corrected chi connectivity index (χ4v) is 3.55. The lowest BCUT2D eigenvalue weighted by molar-refractivity contribution is -0.131. The van der Waals surface area contributed by atoms with Gasteiger partial charge in [0, 0.05) is 25.0 Å². The first-order valence-corrected chi connectivity index (χ1v) is 9.94. The summed E-state index contributed by atoms with van der Waals surface area (Å²) in [6.07, 6.45) is 0.640. The second-order valence-electron chi connectivity index (χ2n) is 7.14. The Morgan fingerprint density at radius 3 is 2.38 bits per heavy atom. The molecule has 0 atom stereocenters. The molecule has 3 aromatic carbocycles. The van der Waals surface area contributed by atoms with Gasteiger partial charge < -0.3 is 9.47 Å². The second-order valence-corrected chi connectivity index (χ2v) is 7.58. The van der Waals surface area contributed by atoms with Gasteiger partial charge in [-0.2, -0.15) is 0 Å². The van der Waals surface area contributed by atoms with E-state index in [1.165, 1.54) is 0 Å². The highest BCUT2D eigenvalue weighted by atomic mass is 35.5. The van der Waals surface area contributed by atoms with Gasteiger partial charge >= 0.3 is 0 Å². The number of para-hydroxylation sites is 2. The van der Waals surface area contributed by atoms with Crippen LogP contribution in [-0.4, -0.2) is 27.4 Å². The standard InChI is InChI=1S/C24H22ClN3O/c1-27(16-19-7-3-2-4-8-19)24(29)17-28-22-10-6-5-9-21(22)26-23(28)15-18-11-13-20(25)14-12-18/h2-14H,15-17H2,1H3. The number of likely N-dealkylation sites (N-methyl/N-ethyl adjacent to an activating group) is 1. The Kier molecular flexibility index (Phi) is 5.63. The quantitative estimate of drug-likeness (QED) is 0.457. The predicted octanol–water partition coefficient (Wildman–Crippen LogP) is 4.94. The van der Waals surface area contributed by atoms with E-state index in [9.17, 15) is 4.79 Å². The van der Waals surface area contributed by atoms with Crippen molar-refractivity contribution in [1.82, 2.24) is 14.5 Å². The fraction of sp³-hybridized carbons (Fsp3) is 0.167. The Morgan fingerprint density at radius 2 is 1.62 bits per heavy atom. The number of amides is 1. The van der Waals surface area contributed by atoms with Crippen LogP contribution in [0.5, 0.6) is 0 Å². The zero-order valence-corrected chi connectivity index (χ0v) is 17.0. The third-order valence-electron chi connectivity index (χ3n) is 4.99. The number of fused-ring (bicyclic) bond motifs is 1. The number of benzene rings is 3. The molecule has 4 aromatic rings. The molecule has 1 amide bonds. The Morgan fingerprint density at radius 1 is 0.931 bits per heavy atom. The van der Waals surface area contributed by atoms with E-state index >= 15 is 0 Å². The Hall–Kier alpha value is -3.11. The molecule has 0 unspecified atom stereocenters. The smallest absolute Gasteiger partial charge is 0.242 e. The summed E-state index contributed by atoms with van der Waals surface area (Å²) in [4.78, 5) is 19.5. The summed E-state index contributed by atoms with van der Waals surface area (Å²) >= 11 is 6.01. The lowest BCUT2D eigenvalue weighted by Crippen LogP contribution is -2.30. The van der Waals surface area contributed by atoms with E-state index in [4.69, 9.17) is 16.6 Å². The van der Waals surface area contributed by atoms with E-state index in [0.717, 1.165) is 28.0 Å².